The lowest BCUT2D eigenvalue weighted by Gasteiger charge is -2.33. The number of hydrogen-bond acceptors (Lipinski definition) is 5. The Bertz CT molecular complexity index is 1880. The van der Waals surface area contributed by atoms with Crippen LogP contribution in [0, 0.1) is 0 Å². The number of hydrogen-bond donors (Lipinski definition) is 0. The van der Waals surface area contributed by atoms with E-state index in [1.807, 2.05) is 6.07 Å². The van der Waals surface area contributed by atoms with Crippen LogP contribution < -0.4 is 9.47 Å². The molecular formula is C63H100N2O3. The highest BCUT2D eigenvalue weighted by molar-refractivity contribution is 5.98. The van der Waals surface area contributed by atoms with Crippen molar-refractivity contribution in [2.75, 3.05) is 13.2 Å². The van der Waals surface area contributed by atoms with E-state index in [0.717, 1.165) is 46.5 Å². The van der Waals surface area contributed by atoms with Crippen LogP contribution in [0.15, 0.2) is 53.2 Å². The molecule has 0 spiro atoms. The molecule has 0 amide bonds. The fraction of sp³-hybridized carbons (Fsp3) is 0.714. The van der Waals surface area contributed by atoms with Crippen molar-refractivity contribution in [3.63, 3.8) is 0 Å². The number of fused-ring (bicyclic) bond motifs is 4. The van der Waals surface area contributed by atoms with Crippen LogP contribution in [0.3, 0.4) is 0 Å². The third-order valence-electron chi connectivity index (χ3n) is 15.4. The molecule has 1 aliphatic rings. The van der Waals surface area contributed by atoms with E-state index in [0.29, 0.717) is 13.2 Å². The zero-order valence-corrected chi connectivity index (χ0v) is 44.5. The molecular weight excluding hydrogens is 833 g/mol. The Balaban J connectivity index is 1.35. The van der Waals surface area contributed by atoms with E-state index in [-0.39, 0.29) is 5.41 Å². The summed E-state index contributed by atoms with van der Waals surface area (Å²) in [5.74, 6) is 1.59. The second-order valence-electron chi connectivity index (χ2n) is 21.1. The molecule has 0 N–H and O–H groups in total. The maximum Gasteiger partial charge on any atom is 0.171 e. The van der Waals surface area contributed by atoms with E-state index in [2.05, 4.69) is 80.5 Å². The van der Waals surface area contributed by atoms with E-state index in [4.69, 9.17) is 14.1 Å². The van der Waals surface area contributed by atoms with Crippen LogP contribution in [0.5, 0.6) is 11.5 Å². The van der Waals surface area contributed by atoms with Crippen LogP contribution in [0.2, 0.25) is 0 Å². The lowest BCUT2D eigenvalue weighted by molar-refractivity contribution is 0.259. The molecule has 380 valence electrons. The topological polar surface area (TPSA) is 57.4 Å². The zero-order chi connectivity index (χ0) is 47.8. The highest BCUT2D eigenvalue weighted by Gasteiger charge is 2.42. The van der Waals surface area contributed by atoms with E-state index >= 15 is 0 Å². The van der Waals surface area contributed by atoms with Gasteiger partial charge < -0.3 is 9.47 Å². The molecule has 4 aromatic rings. The molecule has 0 saturated heterocycles. The minimum Gasteiger partial charge on any atom is -0.490 e. The van der Waals surface area contributed by atoms with Crippen LogP contribution in [0.1, 0.15) is 283 Å². The Hall–Kier alpha value is -3.34. The Kier molecular flexibility index (Phi) is 27.8. The van der Waals surface area contributed by atoms with Crippen molar-refractivity contribution in [2.45, 2.75) is 277 Å². The molecule has 5 nitrogen and oxygen atoms in total. The third-order valence-corrected chi connectivity index (χ3v) is 15.4. The summed E-state index contributed by atoms with van der Waals surface area (Å²) >= 11 is 0. The normalized spacial score (nSPS) is 12.8. The Morgan fingerprint density at radius 1 is 0.412 bits per heavy atom. The predicted octanol–water partition coefficient (Wildman–Crippen LogP) is 20.8. The van der Waals surface area contributed by atoms with Gasteiger partial charge in [-0.15, -0.1) is 0 Å². The van der Waals surface area contributed by atoms with Gasteiger partial charge in [0.1, 0.15) is 11.0 Å². The van der Waals surface area contributed by atoms with Gasteiger partial charge in [0.25, 0.3) is 0 Å². The Labute approximate surface area is 417 Å². The number of ether oxygens (including phenoxy) is 2. The van der Waals surface area contributed by atoms with Gasteiger partial charge in [-0.1, -0.05) is 282 Å². The molecule has 0 bridgehead atoms. The standard InChI is InChI=1S/C63H100N2O3/c1-5-9-13-17-21-23-25-27-29-31-35-41-49-66-59-52-58-61(65-68-64-58)60(62(59)67-50-42-36-32-30-28-26-24-22-18-14-10-6-2)53-45-46-55-54-43-37-38-44-56(54)63(57(55)51-53,47-39-33-19-15-11-7-3)48-40-34-20-16-12-8-4/h37-38,43-46,51-52H,5-36,39-42,47-50H2,1-4H3. The fourth-order valence-electron chi connectivity index (χ4n) is 11.3. The molecule has 5 heteroatoms. The summed E-state index contributed by atoms with van der Waals surface area (Å²) in [6, 6.07) is 18.6. The van der Waals surface area contributed by atoms with Crippen molar-refractivity contribution in [1.29, 1.82) is 0 Å². The maximum absolute atomic E-state index is 6.98. The van der Waals surface area contributed by atoms with Gasteiger partial charge in [-0.25, -0.2) is 4.63 Å². The van der Waals surface area contributed by atoms with Gasteiger partial charge in [-0.05, 0) is 69.9 Å². The first-order valence-corrected chi connectivity index (χ1v) is 29.5. The van der Waals surface area contributed by atoms with Crippen LogP contribution in [0.4, 0.5) is 0 Å². The summed E-state index contributed by atoms with van der Waals surface area (Å²) in [4.78, 5) is 0. The molecule has 0 aliphatic heterocycles. The fourth-order valence-corrected chi connectivity index (χ4v) is 11.3. The molecule has 5 rings (SSSR count). The second kappa shape index (κ2) is 34.1. The van der Waals surface area contributed by atoms with Gasteiger partial charge in [-0.2, -0.15) is 0 Å². The van der Waals surface area contributed by atoms with Crippen molar-refractivity contribution in [3.05, 3.63) is 59.7 Å². The van der Waals surface area contributed by atoms with Gasteiger partial charge in [0.15, 0.2) is 11.5 Å². The van der Waals surface area contributed by atoms with Gasteiger partial charge >= 0.3 is 0 Å². The molecule has 0 saturated carbocycles. The largest absolute Gasteiger partial charge is 0.490 e. The van der Waals surface area contributed by atoms with E-state index in [1.165, 1.54) is 253 Å². The van der Waals surface area contributed by atoms with Crippen LogP contribution in [-0.4, -0.2) is 23.5 Å². The first-order chi connectivity index (χ1) is 33.7. The predicted molar refractivity (Wildman–Crippen MR) is 293 cm³/mol. The monoisotopic (exact) mass is 933 g/mol. The second-order valence-corrected chi connectivity index (χ2v) is 21.1. The number of rotatable bonds is 43. The summed E-state index contributed by atoms with van der Waals surface area (Å²) < 4.78 is 19.3. The zero-order valence-electron chi connectivity index (χ0n) is 44.5. The van der Waals surface area contributed by atoms with Gasteiger partial charge in [0.2, 0.25) is 0 Å². The molecule has 1 aliphatic carbocycles. The van der Waals surface area contributed by atoms with Crippen molar-refractivity contribution in [1.82, 2.24) is 10.3 Å². The summed E-state index contributed by atoms with van der Waals surface area (Å²) in [5, 5.41) is 9.04. The van der Waals surface area contributed by atoms with Crippen molar-refractivity contribution in [3.8, 4) is 33.8 Å². The minimum absolute atomic E-state index is 0.0164. The number of nitrogens with zero attached hydrogens (tertiary/aromatic N) is 2. The van der Waals surface area contributed by atoms with Crippen molar-refractivity contribution in [2.24, 2.45) is 0 Å². The smallest absolute Gasteiger partial charge is 0.171 e. The van der Waals surface area contributed by atoms with E-state index in [9.17, 15) is 0 Å². The molecule has 0 fully saturated rings. The number of benzene rings is 3. The van der Waals surface area contributed by atoms with Crippen LogP contribution in [0.25, 0.3) is 33.3 Å². The Morgan fingerprint density at radius 3 is 1.34 bits per heavy atom. The Morgan fingerprint density at radius 2 is 0.838 bits per heavy atom. The van der Waals surface area contributed by atoms with Crippen LogP contribution >= 0.6 is 0 Å². The SMILES string of the molecule is CCCCCCCCCCCCCCOc1cc2nonc2c(-c2ccc3c(c2)C(CCCCCCCC)(CCCCCCCC)c2ccccc2-3)c1OCCCCCCCCCCCCCC. The first kappa shape index (κ1) is 55.6. The molecule has 0 unspecified atom stereocenters. The van der Waals surface area contributed by atoms with E-state index < -0.39 is 0 Å². The highest BCUT2D eigenvalue weighted by atomic mass is 16.6. The van der Waals surface area contributed by atoms with Crippen molar-refractivity contribution < 1.29 is 14.1 Å². The maximum atomic E-state index is 6.98. The molecule has 1 aromatic heterocycles. The lowest BCUT2D eigenvalue weighted by Crippen LogP contribution is -2.25. The van der Waals surface area contributed by atoms with Crippen LogP contribution in [-0.2, 0) is 5.41 Å². The minimum atomic E-state index is -0.0164. The average Bonchev–Trinajstić information content (AvgIpc) is 3.94. The number of aromatic nitrogens is 2. The van der Waals surface area contributed by atoms with Gasteiger partial charge in [-0.3, -0.25) is 0 Å². The lowest BCUT2D eigenvalue weighted by atomic mass is 9.70. The molecule has 3 aromatic carbocycles. The summed E-state index contributed by atoms with van der Waals surface area (Å²) in [5.41, 5.74) is 9.42. The molecule has 1 heterocycles. The molecule has 68 heavy (non-hydrogen) atoms. The summed E-state index contributed by atoms with van der Waals surface area (Å²) in [6.45, 7) is 10.6. The van der Waals surface area contributed by atoms with Gasteiger partial charge in [0, 0.05) is 11.5 Å². The van der Waals surface area contributed by atoms with E-state index in [1.54, 1.807) is 0 Å². The quantitative estimate of drug-likeness (QED) is 0.0414. The average molecular weight is 934 g/mol. The molecule has 0 radical (unpaired) electrons. The third kappa shape index (κ3) is 18.1. The number of unbranched alkanes of at least 4 members (excludes halogenated alkanes) is 32. The molecule has 0 atom stereocenters. The highest BCUT2D eigenvalue weighted by Crippen LogP contribution is 2.56. The van der Waals surface area contributed by atoms with Crippen molar-refractivity contribution >= 4 is 11.0 Å². The van der Waals surface area contributed by atoms with Gasteiger partial charge in [0.05, 0.1) is 18.8 Å². The summed E-state index contributed by atoms with van der Waals surface area (Å²) in [7, 11) is 0. The summed E-state index contributed by atoms with van der Waals surface area (Å²) in [6.07, 6.45) is 49.9. The first-order valence-electron chi connectivity index (χ1n) is 29.5.